The van der Waals surface area contributed by atoms with Crippen LogP contribution in [-0.4, -0.2) is 20.7 Å². The lowest BCUT2D eigenvalue weighted by Gasteiger charge is -2.19. The highest BCUT2D eigenvalue weighted by molar-refractivity contribution is 7.71. The van der Waals surface area contributed by atoms with Gasteiger partial charge in [0, 0.05) is 11.3 Å². The second-order valence-corrected chi connectivity index (χ2v) is 7.65. The smallest absolute Gasteiger partial charge is 0.251 e. The van der Waals surface area contributed by atoms with Crippen molar-refractivity contribution in [3.63, 3.8) is 0 Å². The molecule has 2 aromatic carbocycles. The van der Waals surface area contributed by atoms with E-state index in [1.54, 1.807) is 16.7 Å². The molecule has 7 heteroatoms. The van der Waals surface area contributed by atoms with Crippen molar-refractivity contribution in [1.82, 2.24) is 20.1 Å². The minimum absolute atomic E-state index is 0.0324. The van der Waals surface area contributed by atoms with Crippen LogP contribution in [0, 0.1) is 10.6 Å². The molecule has 1 amide bonds. The van der Waals surface area contributed by atoms with Crippen molar-refractivity contribution in [3.05, 3.63) is 76.1 Å². The van der Waals surface area contributed by atoms with Gasteiger partial charge in [0.25, 0.3) is 5.91 Å². The van der Waals surface area contributed by atoms with Crippen LogP contribution in [0.4, 0.5) is 4.39 Å². The summed E-state index contributed by atoms with van der Waals surface area (Å²) < 4.78 is 15.2. The van der Waals surface area contributed by atoms with Crippen LogP contribution in [0.1, 0.15) is 42.5 Å². The molecule has 0 bridgehead atoms. The van der Waals surface area contributed by atoms with Gasteiger partial charge in [-0.25, -0.2) is 4.39 Å². The van der Waals surface area contributed by atoms with Crippen molar-refractivity contribution in [3.8, 4) is 5.69 Å². The number of nitrogens with one attached hydrogen (secondary N) is 2. The first-order chi connectivity index (χ1) is 12.8. The molecular formula is C20H21FN4OS. The Morgan fingerprint density at radius 2 is 1.78 bits per heavy atom. The van der Waals surface area contributed by atoms with E-state index in [0.29, 0.717) is 21.8 Å². The topological polar surface area (TPSA) is 62.7 Å². The Kier molecular flexibility index (Phi) is 5.23. The Morgan fingerprint density at radius 1 is 1.15 bits per heavy atom. The third-order valence-electron chi connectivity index (χ3n) is 4.25. The third-order valence-corrected chi connectivity index (χ3v) is 4.52. The summed E-state index contributed by atoms with van der Waals surface area (Å²) in [5, 5.41) is 9.72. The number of rotatable bonds is 4. The van der Waals surface area contributed by atoms with Crippen molar-refractivity contribution in [2.75, 3.05) is 0 Å². The number of carbonyl (C=O) groups excluding carboxylic acids is 1. The lowest BCUT2D eigenvalue weighted by atomic mass is 9.87. The fraction of sp³-hybridized carbons (Fsp3) is 0.250. The SMILES string of the molecule is CC(C)(C)c1ccc(C(=O)NCc2n[nH]c(=S)n2-c2ccc(F)cc2)cc1. The average Bonchev–Trinajstić information content (AvgIpc) is 3.00. The Labute approximate surface area is 162 Å². The zero-order valence-electron chi connectivity index (χ0n) is 15.4. The van der Waals surface area contributed by atoms with Gasteiger partial charge in [0.05, 0.1) is 6.54 Å². The summed E-state index contributed by atoms with van der Waals surface area (Å²) in [6, 6.07) is 13.5. The number of hydrogen-bond donors (Lipinski definition) is 2. The maximum atomic E-state index is 13.2. The zero-order chi connectivity index (χ0) is 19.6. The summed E-state index contributed by atoms with van der Waals surface area (Å²) in [7, 11) is 0. The second-order valence-electron chi connectivity index (χ2n) is 7.27. The van der Waals surface area contributed by atoms with Crippen molar-refractivity contribution >= 4 is 18.1 Å². The van der Waals surface area contributed by atoms with E-state index in [4.69, 9.17) is 12.2 Å². The number of halogens is 1. The van der Waals surface area contributed by atoms with E-state index in [1.807, 2.05) is 24.3 Å². The van der Waals surface area contributed by atoms with Crippen LogP contribution >= 0.6 is 12.2 Å². The predicted octanol–water partition coefficient (Wildman–Crippen LogP) is 4.30. The molecule has 0 aliphatic rings. The Balaban J connectivity index is 1.75. The number of aromatic nitrogens is 3. The van der Waals surface area contributed by atoms with E-state index < -0.39 is 0 Å². The first-order valence-corrected chi connectivity index (χ1v) is 8.97. The highest BCUT2D eigenvalue weighted by Gasteiger charge is 2.15. The third kappa shape index (κ3) is 4.31. The van der Waals surface area contributed by atoms with Crippen LogP contribution in [0.2, 0.25) is 0 Å². The van der Waals surface area contributed by atoms with Gasteiger partial charge in [0.1, 0.15) is 5.82 Å². The summed E-state index contributed by atoms with van der Waals surface area (Å²) >= 11 is 5.25. The van der Waals surface area contributed by atoms with Gasteiger partial charge in [0.2, 0.25) is 0 Å². The molecule has 5 nitrogen and oxygen atoms in total. The highest BCUT2D eigenvalue weighted by Crippen LogP contribution is 2.22. The molecule has 0 radical (unpaired) electrons. The quantitative estimate of drug-likeness (QED) is 0.660. The summed E-state index contributed by atoms with van der Waals surface area (Å²) in [4.78, 5) is 12.4. The minimum Gasteiger partial charge on any atom is -0.345 e. The lowest BCUT2D eigenvalue weighted by molar-refractivity contribution is 0.0949. The molecule has 3 aromatic rings. The molecule has 1 aromatic heterocycles. The van der Waals surface area contributed by atoms with Gasteiger partial charge in [-0.15, -0.1) is 0 Å². The van der Waals surface area contributed by atoms with Crippen molar-refractivity contribution in [1.29, 1.82) is 0 Å². The van der Waals surface area contributed by atoms with E-state index in [1.165, 1.54) is 12.1 Å². The number of H-pyrrole nitrogens is 1. The molecule has 27 heavy (non-hydrogen) atoms. The number of amides is 1. The van der Waals surface area contributed by atoms with Crippen LogP contribution in [0.25, 0.3) is 5.69 Å². The Bertz CT molecular complexity index is 998. The van der Waals surface area contributed by atoms with Gasteiger partial charge in [0.15, 0.2) is 10.6 Å². The molecule has 140 valence electrons. The van der Waals surface area contributed by atoms with Crippen molar-refractivity contribution in [2.24, 2.45) is 0 Å². The molecule has 3 rings (SSSR count). The van der Waals surface area contributed by atoms with Gasteiger partial charge in [-0.05, 0) is 59.6 Å². The molecule has 0 fully saturated rings. The predicted molar refractivity (Wildman–Crippen MR) is 105 cm³/mol. The molecule has 0 saturated heterocycles. The normalized spacial score (nSPS) is 11.4. The van der Waals surface area contributed by atoms with Crippen molar-refractivity contribution in [2.45, 2.75) is 32.7 Å². The van der Waals surface area contributed by atoms with E-state index in [2.05, 4.69) is 36.3 Å². The first-order valence-electron chi connectivity index (χ1n) is 8.57. The molecule has 2 N–H and O–H groups in total. The monoisotopic (exact) mass is 384 g/mol. The average molecular weight is 384 g/mol. The fourth-order valence-corrected chi connectivity index (χ4v) is 2.94. The standard InChI is InChI=1S/C20H21FN4OS/c1-20(2,3)14-6-4-13(5-7-14)18(26)22-12-17-23-24-19(27)25(17)16-10-8-15(21)9-11-16/h4-11H,12H2,1-3H3,(H,22,26)(H,24,27). The largest absolute Gasteiger partial charge is 0.345 e. The first kappa shape index (κ1) is 19.0. The Hall–Kier alpha value is -2.80. The molecule has 1 heterocycles. The van der Waals surface area contributed by atoms with Gasteiger partial charge in [-0.1, -0.05) is 32.9 Å². The van der Waals surface area contributed by atoms with Gasteiger partial charge >= 0.3 is 0 Å². The van der Waals surface area contributed by atoms with Gasteiger partial charge in [-0.3, -0.25) is 14.5 Å². The molecule has 0 spiro atoms. The minimum atomic E-state index is -0.331. The number of aromatic amines is 1. The lowest BCUT2D eigenvalue weighted by Crippen LogP contribution is -2.24. The number of nitrogens with zero attached hydrogens (tertiary/aromatic N) is 2. The van der Waals surface area contributed by atoms with E-state index in [-0.39, 0.29) is 23.7 Å². The molecule has 0 aliphatic heterocycles. The summed E-state index contributed by atoms with van der Waals surface area (Å²) in [5.74, 6) is 0.00335. The number of benzene rings is 2. The maximum absolute atomic E-state index is 13.2. The maximum Gasteiger partial charge on any atom is 0.251 e. The molecule has 0 saturated carbocycles. The van der Waals surface area contributed by atoms with Crippen LogP contribution in [-0.2, 0) is 12.0 Å². The fourth-order valence-electron chi connectivity index (χ4n) is 2.69. The molecule has 0 atom stereocenters. The Morgan fingerprint density at radius 3 is 2.37 bits per heavy atom. The number of carbonyl (C=O) groups is 1. The van der Waals surface area contributed by atoms with E-state index >= 15 is 0 Å². The molecule has 0 unspecified atom stereocenters. The van der Waals surface area contributed by atoms with E-state index in [9.17, 15) is 9.18 Å². The summed E-state index contributed by atoms with van der Waals surface area (Å²) in [6.45, 7) is 6.56. The van der Waals surface area contributed by atoms with Crippen LogP contribution in [0.3, 0.4) is 0 Å². The van der Waals surface area contributed by atoms with Crippen molar-refractivity contribution < 1.29 is 9.18 Å². The zero-order valence-corrected chi connectivity index (χ0v) is 16.2. The summed E-state index contributed by atoms with van der Waals surface area (Å²) in [5.41, 5.74) is 2.44. The van der Waals surface area contributed by atoms with Gasteiger partial charge in [-0.2, -0.15) is 5.10 Å². The highest BCUT2D eigenvalue weighted by atomic mass is 32.1. The second kappa shape index (κ2) is 7.44. The molecular weight excluding hydrogens is 363 g/mol. The summed E-state index contributed by atoms with van der Waals surface area (Å²) in [6.07, 6.45) is 0. The molecule has 0 aliphatic carbocycles. The number of hydrogen-bond acceptors (Lipinski definition) is 3. The van der Waals surface area contributed by atoms with Crippen LogP contribution < -0.4 is 5.32 Å². The van der Waals surface area contributed by atoms with Crippen LogP contribution in [0.5, 0.6) is 0 Å². The van der Waals surface area contributed by atoms with Gasteiger partial charge < -0.3 is 5.32 Å². The van der Waals surface area contributed by atoms with E-state index in [0.717, 1.165) is 5.56 Å². The van der Waals surface area contributed by atoms with Crippen LogP contribution in [0.15, 0.2) is 48.5 Å².